The van der Waals surface area contributed by atoms with Crippen LogP contribution >= 0.6 is 11.8 Å². The zero-order chi connectivity index (χ0) is 16.7. The van der Waals surface area contributed by atoms with E-state index in [1.165, 1.54) is 13.2 Å². The number of carbonyl (C=O) groups is 2. The fourth-order valence-electron chi connectivity index (χ4n) is 1.82. The van der Waals surface area contributed by atoms with Gasteiger partial charge in [0, 0.05) is 11.8 Å². The molecule has 0 fully saturated rings. The second-order valence-corrected chi connectivity index (χ2v) is 6.22. The van der Waals surface area contributed by atoms with Crippen molar-refractivity contribution in [3.05, 3.63) is 22.1 Å². The van der Waals surface area contributed by atoms with E-state index in [2.05, 4.69) is 20.0 Å². The van der Waals surface area contributed by atoms with Gasteiger partial charge in [0.25, 0.3) is 5.56 Å². The molecule has 0 aliphatic heterocycles. The van der Waals surface area contributed by atoms with Crippen molar-refractivity contribution < 1.29 is 14.3 Å². The van der Waals surface area contributed by atoms with E-state index in [1.54, 1.807) is 6.92 Å². The van der Waals surface area contributed by atoms with Crippen molar-refractivity contribution in [1.29, 1.82) is 0 Å². The Morgan fingerprint density at radius 3 is 2.68 bits per heavy atom. The highest BCUT2D eigenvalue weighted by atomic mass is 32.2. The van der Waals surface area contributed by atoms with Gasteiger partial charge in [-0.25, -0.2) is 9.78 Å². The van der Waals surface area contributed by atoms with Crippen LogP contribution in [0.5, 0.6) is 0 Å². The lowest BCUT2D eigenvalue weighted by atomic mass is 10.0. The maximum absolute atomic E-state index is 11.9. The third-order valence-electron chi connectivity index (χ3n) is 2.72. The lowest BCUT2D eigenvalue weighted by Crippen LogP contribution is -2.43. The van der Waals surface area contributed by atoms with Gasteiger partial charge in [0.15, 0.2) is 5.16 Å². The molecule has 0 saturated heterocycles. The first-order valence-corrected chi connectivity index (χ1v) is 7.88. The first-order valence-electron chi connectivity index (χ1n) is 6.89. The van der Waals surface area contributed by atoms with Crippen LogP contribution in [0.25, 0.3) is 0 Å². The molecule has 22 heavy (non-hydrogen) atoms. The van der Waals surface area contributed by atoms with E-state index in [0.717, 1.165) is 11.8 Å². The summed E-state index contributed by atoms with van der Waals surface area (Å²) in [5.41, 5.74) is 0.321. The molecule has 8 heteroatoms. The molecule has 1 amide bonds. The summed E-state index contributed by atoms with van der Waals surface area (Å²) in [6, 6.07) is 0.711. The van der Waals surface area contributed by atoms with Gasteiger partial charge in [0.05, 0.1) is 12.9 Å². The van der Waals surface area contributed by atoms with Gasteiger partial charge in [-0.15, -0.1) is 0 Å². The Hall–Kier alpha value is -1.83. The van der Waals surface area contributed by atoms with E-state index in [-0.39, 0.29) is 23.1 Å². The van der Waals surface area contributed by atoms with E-state index in [9.17, 15) is 14.4 Å². The minimum atomic E-state index is -0.664. The van der Waals surface area contributed by atoms with Crippen LogP contribution in [0.15, 0.2) is 16.0 Å². The van der Waals surface area contributed by atoms with Gasteiger partial charge >= 0.3 is 5.97 Å². The topological polar surface area (TPSA) is 101 Å². The molecule has 0 aliphatic carbocycles. The quantitative estimate of drug-likeness (QED) is 0.438. The average molecular weight is 327 g/mol. The van der Waals surface area contributed by atoms with E-state index in [0.29, 0.717) is 17.3 Å². The smallest absolute Gasteiger partial charge is 0.328 e. The summed E-state index contributed by atoms with van der Waals surface area (Å²) in [5, 5.41) is 3.02. The zero-order valence-corrected chi connectivity index (χ0v) is 14.0. The molecule has 2 N–H and O–H groups in total. The molecule has 0 spiro atoms. The number of thioether (sulfide) groups is 1. The number of amides is 1. The Balaban J connectivity index is 2.59. The number of aryl methyl sites for hydroxylation is 1. The molecule has 1 aromatic heterocycles. The summed E-state index contributed by atoms with van der Waals surface area (Å²) < 4.78 is 4.69. The predicted octanol–water partition coefficient (Wildman–Crippen LogP) is 0.874. The molecule has 1 rings (SSSR count). The highest BCUT2D eigenvalue weighted by molar-refractivity contribution is 7.99. The van der Waals surface area contributed by atoms with Gasteiger partial charge in [-0.2, -0.15) is 0 Å². The van der Waals surface area contributed by atoms with Gasteiger partial charge in [-0.1, -0.05) is 25.6 Å². The Bertz CT molecular complexity index is 586. The van der Waals surface area contributed by atoms with Crippen LogP contribution in [0.1, 0.15) is 26.0 Å². The van der Waals surface area contributed by atoms with Gasteiger partial charge in [0.2, 0.25) is 5.91 Å². The zero-order valence-electron chi connectivity index (χ0n) is 13.1. The van der Waals surface area contributed by atoms with E-state index in [4.69, 9.17) is 0 Å². The number of aromatic amines is 1. The molecule has 1 aromatic rings. The van der Waals surface area contributed by atoms with Crippen LogP contribution in [0, 0.1) is 12.8 Å². The number of esters is 1. The number of nitrogens with zero attached hydrogens (tertiary/aromatic N) is 1. The monoisotopic (exact) mass is 327 g/mol. The highest BCUT2D eigenvalue weighted by Crippen LogP contribution is 2.11. The molecule has 0 bridgehead atoms. The number of ether oxygens (including phenoxy) is 1. The second-order valence-electron chi connectivity index (χ2n) is 5.25. The summed E-state index contributed by atoms with van der Waals surface area (Å²) in [5.74, 6) is -0.482. The molecule has 1 unspecified atom stereocenters. The summed E-state index contributed by atoms with van der Waals surface area (Å²) in [6.45, 7) is 5.62. The molecule has 0 aromatic carbocycles. The van der Waals surface area contributed by atoms with E-state index in [1.807, 2.05) is 13.8 Å². The highest BCUT2D eigenvalue weighted by Gasteiger charge is 2.22. The van der Waals surface area contributed by atoms with Crippen LogP contribution < -0.4 is 10.9 Å². The number of aromatic nitrogens is 2. The maximum Gasteiger partial charge on any atom is 0.328 e. The van der Waals surface area contributed by atoms with Crippen molar-refractivity contribution in [2.24, 2.45) is 5.92 Å². The predicted molar refractivity (Wildman–Crippen MR) is 83.7 cm³/mol. The van der Waals surface area contributed by atoms with E-state index < -0.39 is 12.0 Å². The lowest BCUT2D eigenvalue weighted by Gasteiger charge is -2.18. The number of nitrogens with one attached hydrogen (secondary N) is 2. The third-order valence-corrected chi connectivity index (χ3v) is 3.59. The van der Waals surface area contributed by atoms with Crippen LogP contribution in [0.2, 0.25) is 0 Å². The Kier molecular flexibility index (Phi) is 7.10. The summed E-state index contributed by atoms with van der Waals surface area (Å²) >= 11 is 1.11. The van der Waals surface area contributed by atoms with Crippen molar-refractivity contribution in [2.75, 3.05) is 12.9 Å². The molecule has 122 valence electrons. The maximum atomic E-state index is 11.9. The number of methoxy groups -OCH3 is 1. The molecule has 0 radical (unpaired) electrons. The Labute approximate surface area is 133 Å². The van der Waals surface area contributed by atoms with Crippen molar-refractivity contribution >= 4 is 23.6 Å². The molecule has 0 aliphatic rings. The van der Waals surface area contributed by atoms with Crippen molar-refractivity contribution in [3.8, 4) is 0 Å². The summed E-state index contributed by atoms with van der Waals surface area (Å²) in [6.07, 6.45) is 0.503. The number of hydrogen-bond donors (Lipinski definition) is 2. The van der Waals surface area contributed by atoms with E-state index >= 15 is 0 Å². The Morgan fingerprint density at radius 1 is 1.45 bits per heavy atom. The van der Waals surface area contributed by atoms with Gasteiger partial charge in [0.1, 0.15) is 6.04 Å². The normalized spacial score (nSPS) is 12.0. The minimum Gasteiger partial charge on any atom is -0.467 e. The van der Waals surface area contributed by atoms with Crippen LogP contribution in [0.3, 0.4) is 0 Å². The third kappa shape index (κ3) is 6.30. The number of rotatable bonds is 7. The SMILES string of the molecule is COC(=O)C(CC(C)C)NC(=O)CSc1nc(C)cc(=O)[nH]1. The average Bonchev–Trinajstić information content (AvgIpc) is 2.42. The number of H-pyrrole nitrogens is 1. The summed E-state index contributed by atoms with van der Waals surface area (Å²) in [4.78, 5) is 41.6. The molecular weight excluding hydrogens is 306 g/mol. The summed E-state index contributed by atoms with van der Waals surface area (Å²) in [7, 11) is 1.29. The van der Waals surface area contributed by atoms with Crippen LogP contribution in [0.4, 0.5) is 0 Å². The fourth-order valence-corrected chi connectivity index (χ4v) is 2.55. The van der Waals surface area contributed by atoms with Crippen molar-refractivity contribution in [1.82, 2.24) is 15.3 Å². The molecule has 7 nitrogen and oxygen atoms in total. The molecule has 0 saturated carbocycles. The first-order chi connectivity index (χ1) is 10.3. The lowest BCUT2D eigenvalue weighted by molar-refractivity contribution is -0.145. The standard InChI is InChI=1S/C14H21N3O4S/c1-8(2)5-10(13(20)21-4)16-12(19)7-22-14-15-9(3)6-11(18)17-14/h6,8,10H,5,7H2,1-4H3,(H,16,19)(H,15,17,18). The fraction of sp³-hybridized carbons (Fsp3) is 0.571. The van der Waals surface area contributed by atoms with Crippen molar-refractivity contribution in [3.63, 3.8) is 0 Å². The van der Waals surface area contributed by atoms with Crippen molar-refractivity contribution in [2.45, 2.75) is 38.4 Å². The minimum absolute atomic E-state index is 0.0536. The first kappa shape index (κ1) is 18.2. The van der Waals surface area contributed by atoms with Crippen LogP contribution in [-0.2, 0) is 14.3 Å². The Morgan fingerprint density at radius 2 is 2.14 bits per heavy atom. The molecule has 1 atom stereocenters. The largest absolute Gasteiger partial charge is 0.467 e. The van der Waals surface area contributed by atoms with Gasteiger partial charge in [-0.05, 0) is 19.3 Å². The number of hydrogen-bond acceptors (Lipinski definition) is 6. The van der Waals surface area contributed by atoms with Gasteiger partial charge in [-0.3, -0.25) is 9.59 Å². The second kappa shape index (κ2) is 8.57. The molecular formula is C14H21N3O4S. The van der Waals surface area contributed by atoms with Crippen LogP contribution in [-0.4, -0.2) is 40.7 Å². The molecule has 1 heterocycles. The number of carbonyl (C=O) groups excluding carboxylic acids is 2. The van der Waals surface area contributed by atoms with Gasteiger partial charge < -0.3 is 15.0 Å².